The smallest absolute Gasteiger partial charge is 0.243 e. The molecule has 1 unspecified atom stereocenters. The van der Waals surface area contributed by atoms with Gasteiger partial charge in [-0.3, -0.25) is 9.89 Å². The normalized spacial score (nSPS) is 12.4. The molecule has 2 heterocycles. The maximum absolute atomic E-state index is 12.2. The van der Waals surface area contributed by atoms with E-state index in [1.807, 2.05) is 49.9 Å². The van der Waals surface area contributed by atoms with Gasteiger partial charge in [0.25, 0.3) is 0 Å². The number of carbonyl (C=O) groups is 1. The molecule has 5 heteroatoms. The van der Waals surface area contributed by atoms with Crippen LogP contribution in [0.1, 0.15) is 36.3 Å². The van der Waals surface area contributed by atoms with Crippen molar-refractivity contribution >= 4 is 5.91 Å². The molecule has 5 nitrogen and oxygen atoms in total. The monoisotopic (exact) mass is 260 g/mol. The Balaban J connectivity index is 2.01. The van der Waals surface area contributed by atoms with Crippen molar-refractivity contribution in [1.29, 1.82) is 0 Å². The van der Waals surface area contributed by atoms with E-state index in [1.54, 1.807) is 0 Å². The van der Waals surface area contributed by atoms with Crippen LogP contribution in [-0.2, 0) is 11.3 Å². The highest BCUT2D eigenvalue weighted by molar-refractivity contribution is 5.80. The minimum atomic E-state index is -0.150. The minimum absolute atomic E-state index is 0.0405. The topological polar surface area (TPSA) is 62.7 Å². The van der Waals surface area contributed by atoms with Gasteiger partial charge in [0, 0.05) is 30.2 Å². The summed E-state index contributed by atoms with van der Waals surface area (Å²) in [7, 11) is 0. The van der Waals surface area contributed by atoms with Crippen molar-refractivity contribution in [1.82, 2.24) is 20.1 Å². The zero-order chi connectivity index (χ0) is 13.8. The Morgan fingerprint density at radius 2 is 2.11 bits per heavy atom. The first kappa shape index (κ1) is 13.4. The van der Waals surface area contributed by atoms with E-state index >= 15 is 0 Å². The van der Waals surface area contributed by atoms with Crippen LogP contribution in [0, 0.1) is 13.8 Å². The number of hydrogen-bond donors (Lipinski definition) is 2. The van der Waals surface area contributed by atoms with E-state index in [0.29, 0.717) is 6.54 Å². The number of carbonyl (C=O) groups excluding carboxylic acids is 1. The third kappa shape index (κ3) is 2.86. The van der Waals surface area contributed by atoms with Crippen LogP contribution in [-0.4, -0.2) is 20.7 Å². The molecule has 2 aromatic heterocycles. The van der Waals surface area contributed by atoms with Crippen molar-refractivity contribution in [2.24, 2.45) is 0 Å². The van der Waals surface area contributed by atoms with E-state index in [9.17, 15) is 4.79 Å². The van der Waals surface area contributed by atoms with Gasteiger partial charge >= 0.3 is 0 Å². The van der Waals surface area contributed by atoms with Crippen molar-refractivity contribution in [3.05, 3.63) is 41.5 Å². The van der Waals surface area contributed by atoms with Crippen LogP contribution in [0.4, 0.5) is 0 Å². The molecule has 0 aliphatic carbocycles. The highest BCUT2D eigenvalue weighted by Crippen LogP contribution is 2.13. The molecule has 0 spiro atoms. The number of aromatic amines is 1. The Morgan fingerprint density at radius 3 is 2.63 bits per heavy atom. The van der Waals surface area contributed by atoms with E-state index < -0.39 is 0 Å². The minimum Gasteiger partial charge on any atom is -0.350 e. The quantitative estimate of drug-likeness (QED) is 0.864. The van der Waals surface area contributed by atoms with Gasteiger partial charge in [-0.15, -0.1) is 0 Å². The molecule has 0 aromatic carbocycles. The van der Waals surface area contributed by atoms with Gasteiger partial charge in [-0.1, -0.05) is 6.92 Å². The Labute approximate surface area is 113 Å². The number of H-pyrrole nitrogens is 1. The average Bonchev–Trinajstić information content (AvgIpc) is 3.00. The average molecular weight is 260 g/mol. The largest absolute Gasteiger partial charge is 0.350 e. The summed E-state index contributed by atoms with van der Waals surface area (Å²) in [5.41, 5.74) is 3.01. The summed E-state index contributed by atoms with van der Waals surface area (Å²) >= 11 is 0. The Morgan fingerprint density at radius 1 is 1.42 bits per heavy atom. The SMILES string of the molecule is CCC(C(=O)NCc1c(C)n[nH]c1C)n1cccc1. The van der Waals surface area contributed by atoms with E-state index in [1.165, 1.54) is 0 Å². The molecule has 0 radical (unpaired) electrons. The van der Waals surface area contributed by atoms with Gasteiger partial charge in [0.15, 0.2) is 0 Å². The van der Waals surface area contributed by atoms with E-state index in [2.05, 4.69) is 15.5 Å². The first-order valence-corrected chi connectivity index (χ1v) is 6.54. The van der Waals surface area contributed by atoms with Crippen molar-refractivity contribution in [3.8, 4) is 0 Å². The molecule has 2 N–H and O–H groups in total. The highest BCUT2D eigenvalue weighted by Gasteiger charge is 2.17. The maximum Gasteiger partial charge on any atom is 0.243 e. The van der Waals surface area contributed by atoms with Crippen LogP contribution in [0.25, 0.3) is 0 Å². The predicted molar refractivity (Wildman–Crippen MR) is 73.7 cm³/mol. The van der Waals surface area contributed by atoms with Gasteiger partial charge in [0.2, 0.25) is 5.91 Å². The van der Waals surface area contributed by atoms with Crippen molar-refractivity contribution < 1.29 is 4.79 Å². The fraction of sp³-hybridized carbons (Fsp3) is 0.429. The lowest BCUT2D eigenvalue weighted by Crippen LogP contribution is -2.31. The second kappa shape index (κ2) is 5.73. The predicted octanol–water partition coefficient (Wildman–Crippen LogP) is 2.10. The fourth-order valence-electron chi connectivity index (χ4n) is 2.22. The Kier molecular flexibility index (Phi) is 4.04. The molecule has 1 amide bonds. The van der Waals surface area contributed by atoms with Crippen LogP contribution in [0.15, 0.2) is 24.5 Å². The highest BCUT2D eigenvalue weighted by atomic mass is 16.2. The summed E-state index contributed by atoms with van der Waals surface area (Å²) in [6.45, 7) is 6.43. The summed E-state index contributed by atoms with van der Waals surface area (Å²) in [4.78, 5) is 12.2. The standard InChI is InChI=1S/C14H20N4O/c1-4-13(18-7-5-6-8-18)14(19)15-9-12-10(2)16-17-11(12)3/h5-8,13H,4,9H2,1-3H3,(H,15,19)(H,16,17). The molecule has 0 fully saturated rings. The van der Waals surface area contributed by atoms with E-state index in [-0.39, 0.29) is 11.9 Å². The Bertz CT molecular complexity index is 522. The molecule has 0 aliphatic heterocycles. The maximum atomic E-state index is 12.2. The summed E-state index contributed by atoms with van der Waals surface area (Å²) in [6.07, 6.45) is 4.61. The van der Waals surface area contributed by atoms with E-state index in [0.717, 1.165) is 23.4 Å². The molecule has 0 bridgehead atoms. The van der Waals surface area contributed by atoms with Gasteiger partial charge in [0.1, 0.15) is 6.04 Å². The molecule has 2 rings (SSSR count). The van der Waals surface area contributed by atoms with E-state index in [4.69, 9.17) is 0 Å². The molecule has 2 aromatic rings. The summed E-state index contributed by atoms with van der Waals surface area (Å²) < 4.78 is 1.93. The van der Waals surface area contributed by atoms with Crippen LogP contribution in [0.2, 0.25) is 0 Å². The lowest BCUT2D eigenvalue weighted by molar-refractivity contribution is -0.124. The molecular formula is C14H20N4O. The van der Waals surface area contributed by atoms with Crippen LogP contribution < -0.4 is 5.32 Å². The third-order valence-electron chi connectivity index (χ3n) is 3.40. The third-order valence-corrected chi connectivity index (χ3v) is 3.40. The first-order valence-electron chi connectivity index (χ1n) is 6.54. The molecule has 102 valence electrons. The number of aryl methyl sites for hydroxylation is 2. The van der Waals surface area contributed by atoms with Gasteiger partial charge in [-0.05, 0) is 32.4 Å². The van der Waals surface area contributed by atoms with Gasteiger partial charge in [-0.2, -0.15) is 5.10 Å². The second-order valence-corrected chi connectivity index (χ2v) is 4.68. The van der Waals surface area contributed by atoms with Gasteiger partial charge in [0.05, 0.1) is 5.69 Å². The number of hydrogen-bond acceptors (Lipinski definition) is 2. The molecule has 0 saturated carbocycles. The molecule has 0 saturated heterocycles. The number of aromatic nitrogens is 3. The zero-order valence-electron chi connectivity index (χ0n) is 11.6. The molecule has 19 heavy (non-hydrogen) atoms. The number of rotatable bonds is 5. The molecule has 1 atom stereocenters. The van der Waals surface area contributed by atoms with Crippen molar-refractivity contribution in [2.45, 2.75) is 39.8 Å². The van der Waals surface area contributed by atoms with Crippen molar-refractivity contribution in [2.75, 3.05) is 0 Å². The number of nitrogens with zero attached hydrogens (tertiary/aromatic N) is 2. The van der Waals surface area contributed by atoms with Gasteiger partial charge in [-0.25, -0.2) is 0 Å². The summed E-state index contributed by atoms with van der Waals surface area (Å²) in [5, 5.41) is 10.0. The molecular weight excluding hydrogens is 240 g/mol. The second-order valence-electron chi connectivity index (χ2n) is 4.68. The van der Waals surface area contributed by atoms with Gasteiger partial charge < -0.3 is 9.88 Å². The summed E-state index contributed by atoms with van der Waals surface area (Å²) in [5.74, 6) is 0.0405. The number of nitrogens with one attached hydrogen (secondary N) is 2. The zero-order valence-corrected chi connectivity index (χ0v) is 11.6. The molecule has 0 aliphatic rings. The number of amides is 1. The van der Waals surface area contributed by atoms with Crippen molar-refractivity contribution in [3.63, 3.8) is 0 Å². The van der Waals surface area contributed by atoms with Crippen LogP contribution in [0.5, 0.6) is 0 Å². The lowest BCUT2D eigenvalue weighted by atomic mass is 10.1. The summed E-state index contributed by atoms with van der Waals surface area (Å²) in [6, 6.07) is 3.71. The Hall–Kier alpha value is -2.04. The lowest BCUT2D eigenvalue weighted by Gasteiger charge is -2.16. The fourth-order valence-corrected chi connectivity index (χ4v) is 2.22. The van der Waals surface area contributed by atoms with Crippen LogP contribution in [0.3, 0.4) is 0 Å². The van der Waals surface area contributed by atoms with Crippen LogP contribution >= 0.6 is 0 Å². The first-order chi connectivity index (χ1) is 9.13.